The van der Waals surface area contributed by atoms with E-state index in [4.69, 9.17) is 9.97 Å². The topological polar surface area (TPSA) is 68.7 Å². The molecule has 19 aromatic rings. The Bertz CT molecular complexity index is 6310. The lowest BCUT2D eigenvalue weighted by Crippen LogP contribution is -2.24. The number of hydrogen-bond donors (Lipinski definition) is 0. The second-order valence-corrected chi connectivity index (χ2v) is 30.6. The van der Waals surface area contributed by atoms with Crippen molar-refractivity contribution in [2.75, 3.05) is 0 Å². The van der Waals surface area contributed by atoms with Crippen molar-refractivity contribution in [1.82, 2.24) is 18.8 Å². The molecule has 0 atom stereocenters. The van der Waals surface area contributed by atoms with E-state index in [2.05, 4.69) is 221 Å². The zero-order chi connectivity index (χ0) is 65.3. The van der Waals surface area contributed by atoms with Crippen LogP contribution >= 0.6 is 14.3 Å². The van der Waals surface area contributed by atoms with Crippen LogP contribution in [0.25, 0.3) is 132 Å². The molecular weight excluding hydrogens is 1230 g/mol. The molecule has 4 heterocycles. The van der Waals surface area contributed by atoms with Crippen LogP contribution in [0.2, 0.25) is 0 Å². The molecule has 6 nitrogen and oxygen atoms in total. The first kappa shape index (κ1) is 58.5. The van der Waals surface area contributed by atoms with Crippen LogP contribution in [0.5, 0.6) is 0 Å². The van der Waals surface area contributed by atoms with Gasteiger partial charge in [0.05, 0.1) is 33.1 Å². The molecule has 0 bridgehead atoms. The average Bonchev–Trinajstić information content (AvgIpc) is 1.48. The summed E-state index contributed by atoms with van der Waals surface area (Å²) in [5.41, 5.74) is 17.7. The second kappa shape index (κ2) is 24.0. The van der Waals surface area contributed by atoms with Crippen LogP contribution in [-0.2, 0) is 9.13 Å². The maximum atomic E-state index is 14.9. The highest BCUT2D eigenvalue weighted by atomic mass is 31.2. The van der Waals surface area contributed by atoms with Gasteiger partial charge >= 0.3 is 0 Å². The van der Waals surface area contributed by atoms with Crippen molar-refractivity contribution in [3.63, 3.8) is 0 Å². The van der Waals surface area contributed by atoms with Crippen molar-refractivity contribution in [1.29, 1.82) is 0 Å². The molecule has 15 aromatic carbocycles. The van der Waals surface area contributed by atoms with E-state index in [0.29, 0.717) is 0 Å². The van der Waals surface area contributed by atoms with Gasteiger partial charge in [-0.15, -0.1) is 0 Å². The zero-order valence-electron chi connectivity index (χ0n) is 53.1. The first-order valence-electron chi connectivity index (χ1n) is 33.1. The predicted octanol–water partition coefficient (Wildman–Crippen LogP) is 20.7. The summed E-state index contributed by atoms with van der Waals surface area (Å²) >= 11 is 0. The van der Waals surface area contributed by atoms with Crippen molar-refractivity contribution in [2.24, 2.45) is 0 Å². The van der Waals surface area contributed by atoms with Crippen molar-refractivity contribution < 1.29 is 9.13 Å². The van der Waals surface area contributed by atoms with E-state index in [1.165, 1.54) is 38.2 Å². The van der Waals surface area contributed by atoms with E-state index in [1.807, 2.05) is 152 Å². The highest BCUT2D eigenvalue weighted by Crippen LogP contribution is 2.45. The third-order valence-corrected chi connectivity index (χ3v) is 25.6. The summed E-state index contributed by atoms with van der Waals surface area (Å²) in [7, 11) is -6.04. The van der Waals surface area contributed by atoms with E-state index in [9.17, 15) is 9.13 Å². The van der Waals surface area contributed by atoms with Crippen LogP contribution in [0.3, 0.4) is 0 Å². The van der Waals surface area contributed by atoms with Gasteiger partial charge in [0.2, 0.25) is 0 Å². The summed E-state index contributed by atoms with van der Waals surface area (Å²) in [6, 6.07) is 125. The molecule has 4 aromatic heterocycles. The van der Waals surface area contributed by atoms with Crippen molar-refractivity contribution in [2.45, 2.75) is 0 Å². The number of nitrogens with zero attached hydrogens (tertiary/aromatic N) is 4. The summed E-state index contributed by atoms with van der Waals surface area (Å²) in [6.45, 7) is 0. The lowest BCUT2D eigenvalue weighted by Gasteiger charge is -2.20. The van der Waals surface area contributed by atoms with Gasteiger partial charge in [-0.1, -0.05) is 303 Å². The summed E-state index contributed by atoms with van der Waals surface area (Å²) in [6.07, 6.45) is 0. The van der Waals surface area contributed by atoms with E-state index >= 15 is 0 Å². The number of benzene rings is 15. The largest absolute Gasteiger partial charge is 0.309 e. The molecule has 0 aliphatic carbocycles. The minimum Gasteiger partial charge on any atom is -0.309 e. The van der Waals surface area contributed by atoms with Gasteiger partial charge < -0.3 is 9.13 Å². The van der Waals surface area contributed by atoms with E-state index in [-0.39, 0.29) is 0 Å². The Balaban J connectivity index is 0.000000143. The summed E-state index contributed by atoms with van der Waals surface area (Å²) in [4.78, 5) is 10.0. The number of rotatable bonds is 10. The lowest BCUT2D eigenvalue weighted by atomic mass is 9.96. The number of para-hydroxylation sites is 4. The Labute approximate surface area is 566 Å². The molecule has 0 saturated heterocycles. The molecule has 98 heavy (non-hydrogen) atoms. The number of hydrogen-bond acceptors (Lipinski definition) is 4. The van der Waals surface area contributed by atoms with Crippen molar-refractivity contribution in [3.8, 4) is 44.5 Å². The van der Waals surface area contributed by atoms with E-state index < -0.39 is 14.3 Å². The number of pyridine rings is 2. The second-order valence-electron chi connectivity index (χ2n) is 25.1. The SMILES string of the molecule is O=P(c1ccccc1)(c1ccccc1)c1ccc(-c2ccc(-c3ccc4c(c3)c3ccccc3c3nc5ccccc5n43)cc2)cc1.O=P(c1ccccc1)(c1ccccc1)c1ccc2cc(-c3ccc(-c4ccc5c(c4)c4ccccc4c4nc6ccccc6n54)cc3)ccc2c1. The third kappa shape index (κ3) is 9.87. The van der Waals surface area contributed by atoms with Gasteiger partial charge in [-0.25, -0.2) is 9.97 Å². The standard InChI is InChI=1S/C47H31N2OP.C43H29N2OP/c50-51(38-11-3-1-4-12-38,39-13-5-2-6-14-39)40-27-25-35-29-34(23-24-36(35)30-40)32-19-21-33(22-20-32)37-26-28-45-43(31-37)41-15-7-8-16-42(41)47-48-44-17-9-10-18-46(44)49(45)47;46-47(34-11-3-1-4-12-34,35-13-5-2-6-14-35)36-26-23-31(24-27-36)30-19-21-32(22-20-30)33-25-28-41-39(29-33)37-15-7-8-16-38(37)43-44-40-17-9-10-18-42(40)45(41)43/h1-31H;1-29H. The molecule has 0 aliphatic heterocycles. The van der Waals surface area contributed by atoms with Crippen LogP contribution in [0.1, 0.15) is 0 Å². The Morgan fingerprint density at radius 2 is 0.490 bits per heavy atom. The molecule has 0 N–H and O–H groups in total. The minimum atomic E-state index is -3.04. The minimum absolute atomic E-state index is 0.832. The van der Waals surface area contributed by atoms with Crippen LogP contribution in [0, 0.1) is 0 Å². The molecule has 19 rings (SSSR count). The monoisotopic (exact) mass is 1290 g/mol. The first-order valence-corrected chi connectivity index (χ1v) is 36.5. The van der Waals surface area contributed by atoms with E-state index in [0.717, 1.165) is 126 Å². The zero-order valence-corrected chi connectivity index (χ0v) is 54.9. The molecule has 0 spiro atoms. The lowest BCUT2D eigenvalue weighted by molar-refractivity contribution is 0.591. The molecule has 0 aliphatic rings. The number of imidazole rings is 2. The summed E-state index contributed by atoms with van der Waals surface area (Å²) in [5, 5.41) is 14.4. The summed E-state index contributed by atoms with van der Waals surface area (Å²) < 4.78 is 34.3. The smallest absolute Gasteiger partial charge is 0.171 e. The fourth-order valence-electron chi connectivity index (χ4n) is 14.6. The van der Waals surface area contributed by atoms with Gasteiger partial charge in [0.1, 0.15) is 11.3 Å². The normalized spacial score (nSPS) is 12.0. The molecular formula is C90H60N4O2P2. The Morgan fingerprint density at radius 1 is 0.204 bits per heavy atom. The molecule has 8 heteroatoms. The molecule has 0 unspecified atom stereocenters. The first-order chi connectivity index (χ1) is 48.3. The molecule has 462 valence electrons. The third-order valence-electron chi connectivity index (χ3n) is 19.5. The van der Waals surface area contributed by atoms with E-state index in [1.54, 1.807) is 0 Å². The van der Waals surface area contributed by atoms with Gasteiger partial charge in [0, 0.05) is 53.4 Å². The Hall–Kier alpha value is -12.0. The maximum absolute atomic E-state index is 14.9. The fourth-order valence-corrected chi connectivity index (χ4v) is 19.9. The van der Waals surface area contributed by atoms with Crippen LogP contribution in [0.15, 0.2) is 364 Å². The van der Waals surface area contributed by atoms with Gasteiger partial charge in [0.15, 0.2) is 14.3 Å². The number of aromatic nitrogens is 4. The quantitative estimate of drug-likeness (QED) is 0.101. The van der Waals surface area contributed by atoms with Crippen LogP contribution in [0.4, 0.5) is 0 Å². The van der Waals surface area contributed by atoms with Crippen LogP contribution < -0.4 is 31.8 Å². The molecule has 0 saturated carbocycles. The Kier molecular flexibility index (Phi) is 14.3. The fraction of sp³-hybridized carbons (Fsp3) is 0. The van der Waals surface area contributed by atoms with Gasteiger partial charge in [0.25, 0.3) is 0 Å². The average molecular weight is 1290 g/mol. The molecule has 0 fully saturated rings. The van der Waals surface area contributed by atoms with Crippen molar-refractivity contribution >= 4 is 134 Å². The van der Waals surface area contributed by atoms with Crippen LogP contribution in [-0.4, -0.2) is 18.8 Å². The number of fused-ring (bicyclic) bond motifs is 17. The predicted molar refractivity (Wildman–Crippen MR) is 413 cm³/mol. The highest BCUT2D eigenvalue weighted by Gasteiger charge is 2.31. The highest BCUT2D eigenvalue weighted by molar-refractivity contribution is 7.85. The maximum Gasteiger partial charge on any atom is 0.171 e. The molecule has 0 amide bonds. The molecule has 0 radical (unpaired) electrons. The van der Waals surface area contributed by atoms with Crippen molar-refractivity contribution in [3.05, 3.63) is 364 Å². The van der Waals surface area contributed by atoms with Gasteiger partial charge in [-0.3, -0.25) is 8.80 Å². The van der Waals surface area contributed by atoms with Gasteiger partial charge in [-0.2, -0.15) is 0 Å². The summed E-state index contributed by atoms with van der Waals surface area (Å²) in [5.74, 6) is 0. The Morgan fingerprint density at radius 3 is 0.918 bits per heavy atom. The van der Waals surface area contributed by atoms with Gasteiger partial charge in [-0.05, 0) is 127 Å².